The molecular formula is C20H21ClN4OS. The van der Waals surface area contributed by atoms with Crippen LogP contribution in [0, 0.1) is 6.92 Å². The lowest BCUT2D eigenvalue weighted by molar-refractivity contribution is 0.342. The number of para-hydroxylation sites is 2. The minimum Gasteiger partial charge on any atom is -0.492 e. The maximum atomic E-state index is 6.06. The van der Waals surface area contributed by atoms with E-state index < -0.39 is 0 Å². The molecule has 0 amide bonds. The highest BCUT2D eigenvalue weighted by Crippen LogP contribution is 2.24. The fourth-order valence-corrected chi connectivity index (χ4v) is 3.09. The number of hydrogen-bond acceptors (Lipinski definition) is 3. The number of nitrogens with one attached hydrogen (secondary N) is 2. The van der Waals surface area contributed by atoms with E-state index in [1.54, 1.807) is 0 Å². The van der Waals surface area contributed by atoms with Crippen molar-refractivity contribution in [2.75, 3.05) is 17.2 Å². The molecule has 27 heavy (non-hydrogen) atoms. The predicted molar refractivity (Wildman–Crippen MR) is 115 cm³/mol. The van der Waals surface area contributed by atoms with E-state index in [2.05, 4.69) is 15.7 Å². The molecule has 3 aromatic rings. The molecule has 3 rings (SSSR count). The van der Waals surface area contributed by atoms with Crippen molar-refractivity contribution in [3.05, 3.63) is 70.9 Å². The predicted octanol–water partition coefficient (Wildman–Crippen LogP) is 5.10. The van der Waals surface area contributed by atoms with E-state index in [9.17, 15) is 0 Å². The van der Waals surface area contributed by atoms with Crippen LogP contribution in [0.15, 0.2) is 54.6 Å². The average molecular weight is 401 g/mol. The molecule has 0 aliphatic rings. The third-order valence-electron chi connectivity index (χ3n) is 3.88. The van der Waals surface area contributed by atoms with Gasteiger partial charge in [-0.1, -0.05) is 35.9 Å². The van der Waals surface area contributed by atoms with Crippen LogP contribution >= 0.6 is 23.8 Å². The van der Waals surface area contributed by atoms with E-state index >= 15 is 0 Å². The van der Waals surface area contributed by atoms with E-state index in [-0.39, 0.29) is 0 Å². The number of halogens is 1. The van der Waals surface area contributed by atoms with Crippen molar-refractivity contribution in [3.8, 4) is 5.75 Å². The quantitative estimate of drug-likeness (QED) is 0.563. The summed E-state index contributed by atoms with van der Waals surface area (Å²) in [7, 11) is 0. The lowest BCUT2D eigenvalue weighted by Gasteiger charge is -2.13. The molecular weight excluding hydrogens is 380 g/mol. The Balaban J connectivity index is 1.67. The maximum absolute atomic E-state index is 6.06. The van der Waals surface area contributed by atoms with Crippen molar-refractivity contribution in [2.24, 2.45) is 0 Å². The number of rotatable bonds is 6. The molecule has 0 bridgehead atoms. The Labute approximate surface area is 169 Å². The number of thiocarbonyl (C=S) groups is 1. The summed E-state index contributed by atoms with van der Waals surface area (Å²) in [6.45, 7) is 5.18. The lowest BCUT2D eigenvalue weighted by atomic mass is 10.2. The Morgan fingerprint density at radius 3 is 2.74 bits per heavy atom. The fourth-order valence-electron chi connectivity index (χ4n) is 2.66. The second kappa shape index (κ2) is 8.88. The van der Waals surface area contributed by atoms with Gasteiger partial charge in [-0.25, -0.2) is 0 Å². The van der Waals surface area contributed by atoms with Crippen LogP contribution in [-0.2, 0) is 6.54 Å². The van der Waals surface area contributed by atoms with Gasteiger partial charge in [0.1, 0.15) is 5.75 Å². The van der Waals surface area contributed by atoms with Gasteiger partial charge in [0.25, 0.3) is 0 Å². The van der Waals surface area contributed by atoms with Crippen molar-refractivity contribution in [3.63, 3.8) is 0 Å². The molecule has 0 aliphatic carbocycles. The molecule has 2 aromatic carbocycles. The molecule has 0 saturated heterocycles. The van der Waals surface area contributed by atoms with Crippen LogP contribution in [0.2, 0.25) is 5.02 Å². The highest BCUT2D eigenvalue weighted by Gasteiger charge is 2.09. The number of hydrogen-bond donors (Lipinski definition) is 2. The molecule has 2 N–H and O–H groups in total. The molecule has 0 radical (unpaired) electrons. The van der Waals surface area contributed by atoms with Gasteiger partial charge in [0.15, 0.2) is 10.9 Å². The van der Waals surface area contributed by atoms with Gasteiger partial charge in [0, 0.05) is 16.8 Å². The van der Waals surface area contributed by atoms with Crippen molar-refractivity contribution >= 4 is 40.4 Å². The third-order valence-corrected chi connectivity index (χ3v) is 4.32. The minimum atomic E-state index is 0.453. The van der Waals surface area contributed by atoms with E-state index in [4.69, 9.17) is 28.6 Å². The normalized spacial score (nSPS) is 10.5. The Hall–Kier alpha value is -2.57. The molecule has 1 heterocycles. The Kier molecular flexibility index (Phi) is 6.32. The van der Waals surface area contributed by atoms with Gasteiger partial charge in [-0.15, -0.1) is 0 Å². The van der Waals surface area contributed by atoms with Gasteiger partial charge in [0.05, 0.1) is 18.8 Å². The average Bonchev–Trinajstić information content (AvgIpc) is 2.96. The molecule has 0 fully saturated rings. The van der Waals surface area contributed by atoms with Crippen molar-refractivity contribution in [2.45, 2.75) is 20.4 Å². The monoisotopic (exact) mass is 400 g/mol. The Morgan fingerprint density at radius 1 is 1.15 bits per heavy atom. The molecule has 7 heteroatoms. The first-order chi connectivity index (χ1) is 13.0. The number of benzene rings is 2. The second-order valence-corrected chi connectivity index (χ2v) is 6.81. The highest BCUT2D eigenvalue weighted by atomic mass is 35.5. The Bertz CT molecular complexity index is 941. The van der Waals surface area contributed by atoms with Gasteiger partial charge in [0.2, 0.25) is 0 Å². The maximum Gasteiger partial charge on any atom is 0.176 e. The Morgan fingerprint density at radius 2 is 1.96 bits per heavy atom. The summed E-state index contributed by atoms with van der Waals surface area (Å²) in [6, 6.07) is 17.4. The summed E-state index contributed by atoms with van der Waals surface area (Å²) < 4.78 is 7.51. The van der Waals surface area contributed by atoms with E-state index in [1.165, 1.54) is 0 Å². The zero-order valence-corrected chi connectivity index (χ0v) is 16.8. The van der Waals surface area contributed by atoms with E-state index in [0.29, 0.717) is 29.1 Å². The minimum absolute atomic E-state index is 0.453. The number of anilines is 2. The lowest BCUT2D eigenvalue weighted by Crippen LogP contribution is -2.20. The zero-order valence-electron chi connectivity index (χ0n) is 15.2. The van der Waals surface area contributed by atoms with Crippen LogP contribution in [0.25, 0.3) is 0 Å². The van der Waals surface area contributed by atoms with Crippen LogP contribution in [0.3, 0.4) is 0 Å². The van der Waals surface area contributed by atoms with E-state index in [1.807, 2.05) is 73.1 Å². The van der Waals surface area contributed by atoms with Crippen LogP contribution in [-0.4, -0.2) is 21.5 Å². The van der Waals surface area contributed by atoms with Crippen molar-refractivity contribution < 1.29 is 4.74 Å². The molecule has 0 aliphatic heterocycles. The summed E-state index contributed by atoms with van der Waals surface area (Å²) in [6.07, 6.45) is 0. The first-order valence-electron chi connectivity index (χ1n) is 8.64. The molecule has 0 unspecified atom stereocenters. The summed E-state index contributed by atoms with van der Waals surface area (Å²) >= 11 is 11.5. The standard InChI is InChI=1S/C20H21ClN4OS/c1-3-26-18-10-5-4-9-17(18)22-20(27)23-19-11-14(2)25(24-19)13-15-7-6-8-16(21)12-15/h4-12H,3,13H2,1-2H3,(H2,22,23,24,27). The summed E-state index contributed by atoms with van der Waals surface area (Å²) in [5.74, 6) is 1.44. The van der Waals surface area contributed by atoms with Gasteiger partial charge in [-0.2, -0.15) is 5.10 Å². The molecule has 0 saturated carbocycles. The van der Waals surface area contributed by atoms with Gasteiger partial charge in [-0.3, -0.25) is 4.68 Å². The number of ether oxygens (including phenoxy) is 1. The number of nitrogens with zero attached hydrogens (tertiary/aromatic N) is 2. The molecule has 5 nitrogen and oxygen atoms in total. The van der Waals surface area contributed by atoms with Crippen LogP contribution in [0.5, 0.6) is 5.75 Å². The summed E-state index contributed by atoms with van der Waals surface area (Å²) in [5.41, 5.74) is 2.92. The van der Waals surface area contributed by atoms with Gasteiger partial charge < -0.3 is 15.4 Å². The summed E-state index contributed by atoms with van der Waals surface area (Å²) in [5, 5.41) is 12.0. The van der Waals surface area contributed by atoms with Crippen LogP contribution in [0.4, 0.5) is 11.5 Å². The highest BCUT2D eigenvalue weighted by molar-refractivity contribution is 7.80. The first-order valence-corrected chi connectivity index (χ1v) is 9.42. The fraction of sp³-hybridized carbons (Fsp3) is 0.200. The molecule has 140 valence electrons. The van der Waals surface area contributed by atoms with Crippen LogP contribution in [0.1, 0.15) is 18.2 Å². The SMILES string of the molecule is CCOc1ccccc1NC(=S)Nc1cc(C)n(Cc2cccc(Cl)c2)n1. The van der Waals surface area contributed by atoms with Crippen molar-refractivity contribution in [1.82, 2.24) is 9.78 Å². The number of aromatic nitrogens is 2. The van der Waals surface area contributed by atoms with E-state index in [0.717, 1.165) is 22.7 Å². The third kappa shape index (κ3) is 5.21. The smallest absolute Gasteiger partial charge is 0.176 e. The van der Waals surface area contributed by atoms with Gasteiger partial charge in [-0.05, 0) is 55.9 Å². The molecule has 0 spiro atoms. The zero-order chi connectivity index (χ0) is 19.2. The second-order valence-electron chi connectivity index (χ2n) is 5.97. The summed E-state index contributed by atoms with van der Waals surface area (Å²) in [4.78, 5) is 0. The number of aryl methyl sites for hydroxylation is 1. The van der Waals surface area contributed by atoms with Gasteiger partial charge >= 0.3 is 0 Å². The molecule has 1 aromatic heterocycles. The van der Waals surface area contributed by atoms with Crippen molar-refractivity contribution in [1.29, 1.82) is 0 Å². The molecule has 0 atom stereocenters. The van der Waals surface area contributed by atoms with Crippen LogP contribution < -0.4 is 15.4 Å². The first kappa shape index (κ1) is 19.2. The largest absolute Gasteiger partial charge is 0.492 e. The topological polar surface area (TPSA) is 51.1 Å².